The molecule has 26 heavy (non-hydrogen) atoms. The average molecular weight is 348 g/mol. The van der Waals surface area contributed by atoms with Crippen molar-refractivity contribution < 1.29 is 14.6 Å². The lowest BCUT2D eigenvalue weighted by Gasteiger charge is -2.04. The molecule has 0 atom stereocenters. The highest BCUT2D eigenvalue weighted by Crippen LogP contribution is 2.26. The van der Waals surface area contributed by atoms with Gasteiger partial charge >= 0.3 is 0 Å². The summed E-state index contributed by atoms with van der Waals surface area (Å²) in [5, 5.41) is 21.5. The Morgan fingerprint density at radius 3 is 2.65 bits per heavy atom. The fourth-order valence-electron chi connectivity index (χ4n) is 2.20. The van der Waals surface area contributed by atoms with Gasteiger partial charge in [0.1, 0.15) is 11.6 Å². The van der Waals surface area contributed by atoms with Crippen LogP contribution in [0.2, 0.25) is 0 Å². The number of rotatable bonds is 6. The highest BCUT2D eigenvalue weighted by Gasteiger charge is 2.07. The number of phenolic OH excluding ortho intramolecular Hbond substituents is 1. The lowest BCUT2D eigenvalue weighted by Crippen LogP contribution is -2.23. The topological polar surface area (TPSA) is 82.3 Å². The van der Waals surface area contributed by atoms with Crippen molar-refractivity contribution in [3.63, 3.8) is 0 Å². The number of nitrogens with zero attached hydrogens (tertiary/aromatic N) is 1. The van der Waals surface area contributed by atoms with Crippen LogP contribution in [0.25, 0.3) is 6.08 Å². The van der Waals surface area contributed by atoms with E-state index in [2.05, 4.69) is 5.32 Å². The number of nitriles is 1. The number of hydrogen-bond donors (Lipinski definition) is 2. The van der Waals surface area contributed by atoms with Crippen molar-refractivity contribution in [3.8, 4) is 17.6 Å². The largest absolute Gasteiger partial charge is 0.504 e. The number of carbonyl (C=O) groups excluding carboxylic acids is 1. The van der Waals surface area contributed by atoms with E-state index in [1.54, 1.807) is 24.3 Å². The fourth-order valence-corrected chi connectivity index (χ4v) is 2.20. The van der Waals surface area contributed by atoms with E-state index in [9.17, 15) is 15.2 Å². The SMILES string of the molecule is COc1cc(/C=C/C=C(\C#N)C(=O)NCc2ccc(C)cc2)ccc1O. The van der Waals surface area contributed by atoms with Crippen LogP contribution in [-0.4, -0.2) is 18.1 Å². The van der Waals surface area contributed by atoms with Crippen LogP contribution in [0.3, 0.4) is 0 Å². The standard InChI is InChI=1S/C21H20N2O3/c1-15-6-8-17(9-7-15)14-23-21(25)18(13-22)5-3-4-16-10-11-19(24)20(12-16)26-2/h3-12,24H,14H2,1-2H3,(H,23,25)/b4-3+,18-5+. The van der Waals surface area contributed by atoms with E-state index >= 15 is 0 Å². The number of carbonyl (C=O) groups is 1. The van der Waals surface area contributed by atoms with E-state index in [-0.39, 0.29) is 11.3 Å². The van der Waals surface area contributed by atoms with Gasteiger partial charge in [0.25, 0.3) is 5.91 Å². The Morgan fingerprint density at radius 1 is 1.27 bits per heavy atom. The normalized spacial score (nSPS) is 11.2. The number of aromatic hydroxyl groups is 1. The van der Waals surface area contributed by atoms with Gasteiger partial charge in [-0.05, 0) is 36.3 Å². The first kappa shape index (κ1) is 18.8. The summed E-state index contributed by atoms with van der Waals surface area (Å²) < 4.78 is 5.04. The maximum absolute atomic E-state index is 12.1. The number of phenols is 1. The first-order valence-electron chi connectivity index (χ1n) is 8.02. The smallest absolute Gasteiger partial charge is 0.262 e. The van der Waals surface area contributed by atoms with Crippen LogP contribution in [0.5, 0.6) is 11.5 Å². The summed E-state index contributed by atoms with van der Waals surface area (Å²) in [5.74, 6) is -0.0260. The molecule has 2 N–H and O–H groups in total. The molecule has 0 radical (unpaired) electrons. The Labute approximate surface area is 152 Å². The molecular formula is C21H20N2O3. The van der Waals surface area contributed by atoms with Gasteiger partial charge < -0.3 is 15.2 Å². The first-order chi connectivity index (χ1) is 12.5. The zero-order valence-electron chi connectivity index (χ0n) is 14.7. The molecule has 0 aromatic heterocycles. The van der Waals surface area contributed by atoms with Crippen LogP contribution in [-0.2, 0) is 11.3 Å². The van der Waals surface area contributed by atoms with Gasteiger partial charge in [0.15, 0.2) is 11.5 Å². The van der Waals surface area contributed by atoms with Crippen LogP contribution in [0.15, 0.2) is 60.2 Å². The van der Waals surface area contributed by atoms with Crippen molar-refractivity contribution in [1.29, 1.82) is 5.26 Å². The van der Waals surface area contributed by atoms with Crippen molar-refractivity contribution in [2.24, 2.45) is 0 Å². The zero-order valence-corrected chi connectivity index (χ0v) is 14.7. The number of benzene rings is 2. The number of nitrogens with one attached hydrogen (secondary N) is 1. The second-order valence-corrected chi connectivity index (χ2v) is 5.65. The summed E-state index contributed by atoms with van der Waals surface area (Å²) in [4.78, 5) is 12.1. The minimum atomic E-state index is -0.430. The lowest BCUT2D eigenvalue weighted by molar-refractivity contribution is -0.117. The van der Waals surface area contributed by atoms with Gasteiger partial charge in [-0.1, -0.05) is 48.0 Å². The van der Waals surface area contributed by atoms with Crippen LogP contribution in [0, 0.1) is 18.3 Å². The molecular weight excluding hydrogens is 328 g/mol. The van der Waals surface area contributed by atoms with Gasteiger partial charge in [0.05, 0.1) is 7.11 Å². The second-order valence-electron chi connectivity index (χ2n) is 5.65. The molecule has 5 heteroatoms. The molecule has 132 valence electrons. The third-order valence-electron chi connectivity index (χ3n) is 3.69. The summed E-state index contributed by atoms with van der Waals surface area (Å²) in [6.45, 7) is 2.35. The molecule has 2 rings (SSSR count). The van der Waals surface area contributed by atoms with E-state index in [1.807, 2.05) is 37.3 Å². The van der Waals surface area contributed by atoms with E-state index in [4.69, 9.17) is 4.74 Å². The van der Waals surface area contributed by atoms with Crippen molar-refractivity contribution in [2.75, 3.05) is 7.11 Å². The first-order valence-corrected chi connectivity index (χ1v) is 8.02. The summed E-state index contributed by atoms with van der Waals surface area (Å²) in [7, 11) is 1.47. The second kappa shape index (κ2) is 9.09. The molecule has 5 nitrogen and oxygen atoms in total. The van der Waals surface area contributed by atoms with Gasteiger partial charge in [-0.25, -0.2) is 0 Å². The van der Waals surface area contributed by atoms with Gasteiger partial charge in [0, 0.05) is 6.54 Å². The van der Waals surface area contributed by atoms with E-state index in [1.165, 1.54) is 19.3 Å². The van der Waals surface area contributed by atoms with E-state index in [0.717, 1.165) is 16.7 Å². The minimum absolute atomic E-state index is 0.0131. The Hall–Kier alpha value is -3.52. The number of ether oxygens (including phenoxy) is 1. The Morgan fingerprint density at radius 2 is 2.00 bits per heavy atom. The number of amides is 1. The zero-order chi connectivity index (χ0) is 18.9. The maximum atomic E-state index is 12.1. The minimum Gasteiger partial charge on any atom is -0.504 e. The highest BCUT2D eigenvalue weighted by atomic mass is 16.5. The molecule has 0 bridgehead atoms. The van der Waals surface area contributed by atoms with Crippen molar-refractivity contribution in [1.82, 2.24) is 5.32 Å². The predicted octanol–water partition coefficient (Wildman–Crippen LogP) is 3.49. The van der Waals surface area contributed by atoms with E-state index < -0.39 is 5.91 Å². The van der Waals surface area contributed by atoms with Gasteiger partial charge in [-0.2, -0.15) is 5.26 Å². The van der Waals surface area contributed by atoms with E-state index in [0.29, 0.717) is 12.3 Å². The Kier molecular flexibility index (Phi) is 6.58. The van der Waals surface area contributed by atoms with Crippen molar-refractivity contribution in [2.45, 2.75) is 13.5 Å². The van der Waals surface area contributed by atoms with Crippen molar-refractivity contribution in [3.05, 3.63) is 76.9 Å². The molecule has 0 aliphatic carbocycles. The number of methoxy groups -OCH3 is 1. The number of aryl methyl sites for hydroxylation is 1. The van der Waals surface area contributed by atoms with Crippen molar-refractivity contribution >= 4 is 12.0 Å². The van der Waals surface area contributed by atoms with Crippen LogP contribution in [0.1, 0.15) is 16.7 Å². The monoisotopic (exact) mass is 348 g/mol. The summed E-state index contributed by atoms with van der Waals surface area (Å²) in [6.07, 6.45) is 4.77. The number of hydrogen-bond acceptors (Lipinski definition) is 4. The molecule has 2 aromatic carbocycles. The maximum Gasteiger partial charge on any atom is 0.262 e. The molecule has 0 aliphatic rings. The van der Waals surface area contributed by atoms with Gasteiger partial charge in [-0.3, -0.25) is 4.79 Å². The molecule has 0 spiro atoms. The molecule has 0 unspecified atom stereocenters. The fraction of sp³-hybridized carbons (Fsp3) is 0.143. The molecule has 0 saturated heterocycles. The average Bonchev–Trinajstić information content (AvgIpc) is 2.65. The lowest BCUT2D eigenvalue weighted by atomic mass is 10.1. The van der Waals surface area contributed by atoms with Gasteiger partial charge in [0.2, 0.25) is 0 Å². The molecule has 0 fully saturated rings. The Bertz CT molecular complexity index is 875. The Balaban J connectivity index is 2.01. The quantitative estimate of drug-likeness (QED) is 0.476. The molecule has 2 aromatic rings. The molecule has 0 saturated carbocycles. The summed E-state index contributed by atoms with van der Waals surface area (Å²) >= 11 is 0. The van der Waals surface area contributed by atoms with Gasteiger partial charge in [-0.15, -0.1) is 0 Å². The molecule has 0 aliphatic heterocycles. The third-order valence-corrected chi connectivity index (χ3v) is 3.69. The van der Waals surface area contributed by atoms with Crippen LogP contribution < -0.4 is 10.1 Å². The highest BCUT2D eigenvalue weighted by molar-refractivity contribution is 5.97. The third kappa shape index (κ3) is 5.25. The summed E-state index contributed by atoms with van der Waals surface area (Å²) in [5.41, 5.74) is 2.90. The molecule has 1 amide bonds. The van der Waals surface area contributed by atoms with Crippen LogP contribution in [0.4, 0.5) is 0 Å². The predicted molar refractivity (Wildman–Crippen MR) is 100 cm³/mol. The number of allylic oxidation sites excluding steroid dienone is 2. The summed E-state index contributed by atoms with van der Waals surface area (Å²) in [6, 6.07) is 14.6. The van der Waals surface area contributed by atoms with Crippen LogP contribution >= 0.6 is 0 Å². The molecule has 0 heterocycles.